The topological polar surface area (TPSA) is 67.8 Å². The first-order valence-electron chi connectivity index (χ1n) is 5.79. The van der Waals surface area contributed by atoms with E-state index in [1.165, 1.54) is 0 Å². The Morgan fingerprint density at radius 1 is 1.59 bits per heavy atom. The summed E-state index contributed by atoms with van der Waals surface area (Å²) in [5, 5.41) is 11.9. The lowest BCUT2D eigenvalue weighted by atomic mass is 10.1. The summed E-state index contributed by atoms with van der Waals surface area (Å²) in [5.74, 6) is 0. The van der Waals surface area contributed by atoms with Crippen molar-refractivity contribution in [3.63, 3.8) is 0 Å². The monoisotopic (exact) mass is 243 g/mol. The Hall–Kier alpha value is -1.07. The third-order valence-electron chi connectivity index (χ3n) is 2.29. The number of hydrogen-bond donors (Lipinski definition) is 2. The Labute approximate surface area is 102 Å². The summed E-state index contributed by atoms with van der Waals surface area (Å²) in [6, 6.07) is -0.435. The average Bonchev–Trinajstić information content (AvgIpc) is 2.24. The Balaban J connectivity index is 2.46. The summed E-state index contributed by atoms with van der Waals surface area (Å²) in [4.78, 5) is 11.6. The van der Waals surface area contributed by atoms with Crippen molar-refractivity contribution in [2.45, 2.75) is 44.9 Å². The molecule has 1 heterocycles. The molecule has 0 aromatic rings. The molecule has 1 amide bonds. The zero-order valence-electron chi connectivity index (χ0n) is 10.6. The minimum atomic E-state index is -0.544. The van der Waals surface area contributed by atoms with Gasteiger partial charge in [-0.25, -0.2) is 4.79 Å². The number of aliphatic hydroxyl groups is 1. The summed E-state index contributed by atoms with van der Waals surface area (Å²) in [5.41, 5.74) is -0.544. The van der Waals surface area contributed by atoms with E-state index in [2.05, 4.69) is 5.32 Å². The van der Waals surface area contributed by atoms with Crippen LogP contribution in [-0.4, -0.2) is 42.2 Å². The number of hydrogen-bond acceptors (Lipinski definition) is 4. The van der Waals surface area contributed by atoms with Crippen LogP contribution in [0.5, 0.6) is 0 Å². The molecule has 1 aliphatic heterocycles. The van der Waals surface area contributed by atoms with Gasteiger partial charge in [-0.05, 0) is 27.2 Å². The lowest BCUT2D eigenvalue weighted by molar-refractivity contribution is 0.00838. The highest BCUT2D eigenvalue weighted by atomic mass is 16.6. The van der Waals surface area contributed by atoms with E-state index in [0.717, 1.165) is 0 Å². The van der Waals surface area contributed by atoms with Gasteiger partial charge in [0.1, 0.15) is 5.60 Å². The molecule has 0 aliphatic carbocycles. The molecule has 2 atom stereocenters. The van der Waals surface area contributed by atoms with Gasteiger partial charge in [-0.3, -0.25) is 0 Å². The highest BCUT2D eigenvalue weighted by molar-refractivity contribution is 5.68. The molecule has 98 valence electrons. The number of amides is 1. The van der Waals surface area contributed by atoms with Crippen LogP contribution in [0.3, 0.4) is 0 Å². The van der Waals surface area contributed by atoms with Crippen LogP contribution < -0.4 is 5.32 Å². The SMILES string of the molecule is CC(C)(C)OC(=O)N[C@H](CO)[C@H]1CC=CCO1. The second kappa shape index (κ2) is 6.02. The molecule has 1 aliphatic rings. The van der Waals surface area contributed by atoms with Crippen LogP contribution in [0.15, 0.2) is 12.2 Å². The molecule has 0 aromatic carbocycles. The average molecular weight is 243 g/mol. The maximum atomic E-state index is 11.6. The van der Waals surface area contributed by atoms with Crippen molar-refractivity contribution < 1.29 is 19.4 Å². The van der Waals surface area contributed by atoms with Crippen LogP contribution in [0, 0.1) is 0 Å². The molecule has 0 radical (unpaired) electrons. The van der Waals surface area contributed by atoms with E-state index in [1.807, 2.05) is 12.2 Å². The summed E-state index contributed by atoms with van der Waals surface area (Å²) < 4.78 is 10.6. The smallest absolute Gasteiger partial charge is 0.408 e. The van der Waals surface area contributed by atoms with E-state index in [-0.39, 0.29) is 12.7 Å². The molecule has 0 saturated heterocycles. The second-order valence-electron chi connectivity index (χ2n) is 5.01. The van der Waals surface area contributed by atoms with Gasteiger partial charge in [0.15, 0.2) is 0 Å². The number of aliphatic hydroxyl groups excluding tert-OH is 1. The summed E-state index contributed by atoms with van der Waals surface area (Å²) in [7, 11) is 0. The number of carbonyl (C=O) groups is 1. The third kappa shape index (κ3) is 5.19. The quantitative estimate of drug-likeness (QED) is 0.731. The highest BCUT2D eigenvalue weighted by Gasteiger charge is 2.26. The van der Waals surface area contributed by atoms with Crippen molar-refractivity contribution in [2.75, 3.05) is 13.2 Å². The normalized spacial score (nSPS) is 22.0. The van der Waals surface area contributed by atoms with E-state index in [0.29, 0.717) is 13.0 Å². The van der Waals surface area contributed by atoms with Gasteiger partial charge >= 0.3 is 6.09 Å². The summed E-state index contributed by atoms with van der Waals surface area (Å²) >= 11 is 0. The Morgan fingerprint density at radius 3 is 2.76 bits per heavy atom. The van der Waals surface area contributed by atoms with Gasteiger partial charge in [-0.1, -0.05) is 12.2 Å². The van der Waals surface area contributed by atoms with Crippen LogP contribution >= 0.6 is 0 Å². The van der Waals surface area contributed by atoms with Crippen LogP contribution in [0.1, 0.15) is 27.2 Å². The van der Waals surface area contributed by atoms with Crippen LogP contribution in [-0.2, 0) is 9.47 Å². The fraction of sp³-hybridized carbons (Fsp3) is 0.750. The molecule has 0 aromatic heterocycles. The minimum Gasteiger partial charge on any atom is -0.444 e. The van der Waals surface area contributed by atoms with E-state index >= 15 is 0 Å². The molecule has 1 rings (SSSR count). The number of carbonyl (C=O) groups excluding carboxylic acids is 1. The number of alkyl carbamates (subject to hydrolysis) is 1. The van der Waals surface area contributed by atoms with Crippen LogP contribution in [0.2, 0.25) is 0 Å². The molecular formula is C12H21NO4. The molecule has 0 fully saturated rings. The lowest BCUT2D eigenvalue weighted by Gasteiger charge is -2.28. The van der Waals surface area contributed by atoms with Crippen molar-refractivity contribution in [1.29, 1.82) is 0 Å². The fourth-order valence-electron chi connectivity index (χ4n) is 1.54. The maximum absolute atomic E-state index is 11.6. The molecular weight excluding hydrogens is 222 g/mol. The van der Waals surface area contributed by atoms with E-state index in [9.17, 15) is 9.90 Å². The molecule has 17 heavy (non-hydrogen) atoms. The molecule has 0 unspecified atom stereocenters. The summed E-state index contributed by atoms with van der Waals surface area (Å²) in [6.07, 6.45) is 3.85. The van der Waals surface area contributed by atoms with Gasteiger partial charge in [0.2, 0.25) is 0 Å². The third-order valence-corrected chi connectivity index (χ3v) is 2.29. The molecule has 2 N–H and O–H groups in total. The molecule has 0 spiro atoms. The first-order chi connectivity index (χ1) is 7.92. The van der Waals surface area contributed by atoms with Gasteiger partial charge in [0, 0.05) is 0 Å². The van der Waals surface area contributed by atoms with E-state index in [4.69, 9.17) is 9.47 Å². The van der Waals surface area contributed by atoms with Gasteiger partial charge < -0.3 is 19.9 Å². The first-order valence-corrected chi connectivity index (χ1v) is 5.79. The largest absolute Gasteiger partial charge is 0.444 e. The fourth-order valence-corrected chi connectivity index (χ4v) is 1.54. The van der Waals surface area contributed by atoms with Gasteiger partial charge in [0.05, 0.1) is 25.4 Å². The highest BCUT2D eigenvalue weighted by Crippen LogP contribution is 2.12. The summed E-state index contributed by atoms with van der Waals surface area (Å²) in [6.45, 7) is 5.72. The zero-order valence-corrected chi connectivity index (χ0v) is 10.6. The molecule has 5 nitrogen and oxygen atoms in total. The Kier molecular flexibility index (Phi) is 4.96. The van der Waals surface area contributed by atoms with Crippen molar-refractivity contribution in [3.8, 4) is 0 Å². The van der Waals surface area contributed by atoms with Gasteiger partial charge in [0.25, 0.3) is 0 Å². The minimum absolute atomic E-state index is 0.169. The number of rotatable bonds is 3. The molecule has 0 bridgehead atoms. The standard InChI is InChI=1S/C12H21NO4/c1-12(2,3)17-11(15)13-9(8-14)10-6-4-5-7-16-10/h4-5,9-10,14H,6-8H2,1-3H3,(H,13,15)/t9-,10-/m1/s1. The maximum Gasteiger partial charge on any atom is 0.408 e. The predicted molar refractivity (Wildman–Crippen MR) is 63.7 cm³/mol. The second-order valence-corrected chi connectivity index (χ2v) is 5.01. The molecule has 5 heteroatoms. The van der Waals surface area contributed by atoms with Crippen molar-refractivity contribution >= 4 is 6.09 Å². The number of ether oxygens (including phenoxy) is 2. The van der Waals surface area contributed by atoms with Crippen molar-refractivity contribution in [3.05, 3.63) is 12.2 Å². The van der Waals surface area contributed by atoms with E-state index in [1.54, 1.807) is 20.8 Å². The van der Waals surface area contributed by atoms with Crippen molar-refractivity contribution in [2.24, 2.45) is 0 Å². The van der Waals surface area contributed by atoms with Crippen LogP contribution in [0.25, 0.3) is 0 Å². The zero-order chi connectivity index (χ0) is 12.9. The van der Waals surface area contributed by atoms with Gasteiger partial charge in [-0.15, -0.1) is 0 Å². The van der Waals surface area contributed by atoms with E-state index < -0.39 is 17.7 Å². The Morgan fingerprint density at radius 2 is 2.29 bits per heavy atom. The van der Waals surface area contributed by atoms with Gasteiger partial charge in [-0.2, -0.15) is 0 Å². The first kappa shape index (κ1) is 14.0. The predicted octanol–water partition coefficient (Wildman–Crippen LogP) is 1.22. The molecule has 0 saturated carbocycles. The number of nitrogens with one attached hydrogen (secondary N) is 1. The van der Waals surface area contributed by atoms with Crippen molar-refractivity contribution in [1.82, 2.24) is 5.32 Å². The Bertz CT molecular complexity index is 283. The lowest BCUT2D eigenvalue weighted by Crippen LogP contribution is -2.48. The van der Waals surface area contributed by atoms with Crippen LogP contribution in [0.4, 0.5) is 4.79 Å².